The summed E-state index contributed by atoms with van der Waals surface area (Å²) in [5.41, 5.74) is 4.95. The molecule has 2 aromatic rings. The maximum atomic E-state index is 14.6. The fourth-order valence-electron chi connectivity index (χ4n) is 2.99. The van der Waals surface area contributed by atoms with Gasteiger partial charge in [0.15, 0.2) is 12.6 Å². The van der Waals surface area contributed by atoms with E-state index in [0.29, 0.717) is 0 Å². The minimum atomic E-state index is -1.22. The number of guanidine groups is 1. The molecule has 0 spiro atoms. The van der Waals surface area contributed by atoms with Crippen molar-refractivity contribution < 1.29 is 23.1 Å². The highest BCUT2D eigenvalue weighted by Crippen LogP contribution is 2.35. The van der Waals surface area contributed by atoms with E-state index in [2.05, 4.69) is 32.1 Å². The Morgan fingerprint density at radius 3 is 2.78 bits per heavy atom. The molecule has 9 nitrogen and oxygen atoms in total. The molecule has 0 saturated carbocycles. The lowest BCUT2D eigenvalue weighted by Gasteiger charge is -2.34. The van der Waals surface area contributed by atoms with Crippen molar-refractivity contribution in [2.24, 2.45) is 10.7 Å². The number of halogens is 2. The van der Waals surface area contributed by atoms with E-state index in [1.807, 2.05) is 0 Å². The van der Waals surface area contributed by atoms with Crippen molar-refractivity contribution in [3.63, 3.8) is 0 Å². The number of benzene rings is 1. The standard InChI is InChI=1S/C21H20F2N6O3/c1-21(10-18(30)29(2)20(24)28-21)14-9-13(5-6-15(14)23)27-19(31)16-11-26-17(12-25-16)32-8-4-3-7-22/h5-6,9,11-12H,7-8,10H2,1-2H3,(H2,24,28)(H,27,31). The molecule has 3 rings (SSSR count). The van der Waals surface area contributed by atoms with Crippen LogP contribution in [0.25, 0.3) is 0 Å². The van der Waals surface area contributed by atoms with Crippen LogP contribution in [0.5, 0.6) is 5.88 Å². The summed E-state index contributed by atoms with van der Waals surface area (Å²) in [6.07, 6.45) is 2.34. The fraction of sp³-hybridized carbons (Fsp3) is 0.286. The topological polar surface area (TPSA) is 123 Å². The molecule has 166 valence electrons. The fourth-order valence-corrected chi connectivity index (χ4v) is 2.99. The number of aliphatic imine (C=N–C) groups is 1. The number of nitrogens with zero attached hydrogens (tertiary/aromatic N) is 4. The van der Waals surface area contributed by atoms with Gasteiger partial charge in [-0.2, -0.15) is 0 Å². The van der Waals surface area contributed by atoms with Crippen molar-refractivity contribution in [2.45, 2.75) is 18.9 Å². The zero-order valence-corrected chi connectivity index (χ0v) is 17.4. The SMILES string of the molecule is CN1C(=O)CC(C)(c2cc(NC(=O)c3cnc(OCC#CCF)cn3)ccc2F)N=C1N. The molecule has 2 amide bonds. The first-order chi connectivity index (χ1) is 15.2. The third-order valence-electron chi connectivity index (χ3n) is 4.72. The molecule has 0 bridgehead atoms. The maximum Gasteiger partial charge on any atom is 0.275 e. The van der Waals surface area contributed by atoms with E-state index in [1.54, 1.807) is 6.92 Å². The van der Waals surface area contributed by atoms with E-state index < -0.39 is 23.9 Å². The van der Waals surface area contributed by atoms with Crippen molar-refractivity contribution in [1.82, 2.24) is 14.9 Å². The number of anilines is 1. The second kappa shape index (κ2) is 9.38. The van der Waals surface area contributed by atoms with Crippen LogP contribution < -0.4 is 15.8 Å². The largest absolute Gasteiger partial charge is 0.463 e. The smallest absolute Gasteiger partial charge is 0.275 e. The normalized spacial score (nSPS) is 17.8. The molecular formula is C21H20F2N6O3. The van der Waals surface area contributed by atoms with Crippen LogP contribution >= 0.6 is 0 Å². The Balaban J connectivity index is 1.76. The first-order valence-electron chi connectivity index (χ1n) is 9.43. The second-order valence-corrected chi connectivity index (χ2v) is 7.04. The number of nitrogens with one attached hydrogen (secondary N) is 1. The number of aromatic nitrogens is 2. The van der Waals surface area contributed by atoms with Crippen LogP contribution in [0.2, 0.25) is 0 Å². The molecule has 2 heterocycles. The summed E-state index contributed by atoms with van der Waals surface area (Å²) in [5, 5.41) is 2.60. The second-order valence-electron chi connectivity index (χ2n) is 7.04. The average molecular weight is 442 g/mol. The summed E-state index contributed by atoms with van der Waals surface area (Å²) in [7, 11) is 1.49. The summed E-state index contributed by atoms with van der Waals surface area (Å²) in [6, 6.07) is 3.95. The number of hydrogen-bond acceptors (Lipinski definition) is 7. The minimum Gasteiger partial charge on any atom is -0.463 e. The van der Waals surface area contributed by atoms with Crippen LogP contribution in [-0.4, -0.2) is 53.0 Å². The molecule has 1 aliphatic heterocycles. The van der Waals surface area contributed by atoms with Gasteiger partial charge >= 0.3 is 0 Å². The maximum absolute atomic E-state index is 14.6. The Kier molecular flexibility index (Phi) is 6.63. The molecule has 1 unspecified atom stereocenters. The van der Waals surface area contributed by atoms with Crippen molar-refractivity contribution in [3.8, 4) is 17.7 Å². The number of hydrogen-bond donors (Lipinski definition) is 2. The number of nitrogens with two attached hydrogens (primary N) is 1. The van der Waals surface area contributed by atoms with Crippen molar-refractivity contribution in [1.29, 1.82) is 0 Å². The lowest BCUT2D eigenvalue weighted by atomic mass is 9.87. The lowest BCUT2D eigenvalue weighted by Crippen LogP contribution is -2.47. The molecule has 1 aromatic heterocycles. The van der Waals surface area contributed by atoms with Crippen LogP contribution in [0.4, 0.5) is 14.5 Å². The van der Waals surface area contributed by atoms with Gasteiger partial charge in [-0.1, -0.05) is 11.8 Å². The van der Waals surface area contributed by atoms with E-state index in [0.717, 1.165) is 0 Å². The van der Waals surface area contributed by atoms with Gasteiger partial charge in [-0.25, -0.2) is 23.7 Å². The Labute approximate surface area is 182 Å². The number of carbonyl (C=O) groups is 2. The predicted octanol–water partition coefficient (Wildman–Crippen LogP) is 1.61. The van der Waals surface area contributed by atoms with E-state index >= 15 is 0 Å². The van der Waals surface area contributed by atoms with Gasteiger partial charge in [0.25, 0.3) is 5.91 Å². The molecule has 3 N–H and O–H groups in total. The number of amides is 2. The van der Waals surface area contributed by atoms with Crippen LogP contribution in [0.3, 0.4) is 0 Å². The molecule has 1 aromatic carbocycles. The molecule has 11 heteroatoms. The zero-order valence-electron chi connectivity index (χ0n) is 17.4. The first kappa shape index (κ1) is 22.6. The Bertz CT molecular complexity index is 1130. The number of alkyl halides is 1. The van der Waals surface area contributed by atoms with Gasteiger partial charge in [0.2, 0.25) is 11.8 Å². The summed E-state index contributed by atoms with van der Waals surface area (Å²) >= 11 is 0. The van der Waals surface area contributed by atoms with Crippen LogP contribution in [0, 0.1) is 17.7 Å². The van der Waals surface area contributed by atoms with E-state index in [9.17, 15) is 18.4 Å². The van der Waals surface area contributed by atoms with E-state index in [1.165, 1.54) is 42.5 Å². The molecule has 0 radical (unpaired) electrons. The highest BCUT2D eigenvalue weighted by Gasteiger charge is 2.38. The molecule has 32 heavy (non-hydrogen) atoms. The molecule has 0 aliphatic carbocycles. The molecule has 0 fully saturated rings. The van der Waals surface area contributed by atoms with Gasteiger partial charge in [-0.3, -0.25) is 14.5 Å². The monoisotopic (exact) mass is 442 g/mol. The summed E-state index contributed by atoms with van der Waals surface area (Å²) in [5.74, 6) is 3.25. The van der Waals surface area contributed by atoms with Crippen LogP contribution in [0.15, 0.2) is 35.6 Å². The number of rotatable bonds is 5. The minimum absolute atomic E-state index is 0.0130. The lowest BCUT2D eigenvalue weighted by molar-refractivity contribution is -0.128. The average Bonchev–Trinajstić information content (AvgIpc) is 2.76. The van der Waals surface area contributed by atoms with Crippen molar-refractivity contribution >= 4 is 23.5 Å². The quantitative estimate of drug-likeness (QED) is 0.679. The van der Waals surface area contributed by atoms with Gasteiger partial charge in [-0.05, 0) is 25.1 Å². The van der Waals surface area contributed by atoms with Gasteiger partial charge in [-0.15, -0.1) is 0 Å². The first-order valence-corrected chi connectivity index (χ1v) is 9.43. The van der Waals surface area contributed by atoms with Gasteiger partial charge in [0.05, 0.1) is 24.4 Å². The van der Waals surface area contributed by atoms with Crippen LogP contribution in [-0.2, 0) is 10.3 Å². The highest BCUT2D eigenvalue weighted by atomic mass is 19.1. The number of carbonyl (C=O) groups excluding carboxylic acids is 2. The van der Waals surface area contributed by atoms with Gasteiger partial charge < -0.3 is 15.8 Å². The predicted molar refractivity (Wildman–Crippen MR) is 112 cm³/mol. The van der Waals surface area contributed by atoms with Gasteiger partial charge in [0, 0.05) is 18.3 Å². The summed E-state index contributed by atoms with van der Waals surface area (Å²) < 4.78 is 31.7. The zero-order chi connectivity index (χ0) is 23.3. The van der Waals surface area contributed by atoms with E-state index in [4.69, 9.17) is 10.5 Å². The van der Waals surface area contributed by atoms with Crippen molar-refractivity contribution in [3.05, 3.63) is 47.7 Å². The molecule has 1 aliphatic rings. The van der Waals surface area contributed by atoms with Crippen LogP contribution in [0.1, 0.15) is 29.4 Å². The third-order valence-corrected chi connectivity index (χ3v) is 4.72. The third kappa shape index (κ3) is 4.97. The molecular weight excluding hydrogens is 422 g/mol. The molecule has 1 atom stereocenters. The summed E-state index contributed by atoms with van der Waals surface area (Å²) in [6.45, 7) is 0.759. The summed E-state index contributed by atoms with van der Waals surface area (Å²) in [4.78, 5) is 38.1. The Morgan fingerprint density at radius 1 is 1.34 bits per heavy atom. The Hall–Kier alpha value is -4.07. The van der Waals surface area contributed by atoms with Crippen molar-refractivity contribution in [2.75, 3.05) is 25.6 Å². The highest BCUT2D eigenvalue weighted by molar-refractivity contribution is 6.03. The van der Waals surface area contributed by atoms with E-state index in [-0.39, 0.29) is 47.7 Å². The van der Waals surface area contributed by atoms with Gasteiger partial charge in [0.1, 0.15) is 18.2 Å². The Morgan fingerprint density at radius 2 is 2.12 bits per heavy atom. The molecule has 0 saturated heterocycles. The number of ether oxygens (including phenoxy) is 1.